The highest BCUT2D eigenvalue weighted by atomic mass is 16.5. The summed E-state index contributed by atoms with van der Waals surface area (Å²) < 4.78 is 5.19. The van der Waals surface area contributed by atoms with E-state index >= 15 is 0 Å². The molecule has 0 aliphatic heterocycles. The molecule has 0 aliphatic carbocycles. The Morgan fingerprint density at radius 2 is 1.69 bits per heavy atom. The van der Waals surface area contributed by atoms with Gasteiger partial charge in [-0.05, 0) is 35.6 Å². The largest absolute Gasteiger partial charge is 0.480 e. The molecular weight excluding hydrogens is 410 g/mol. The number of aliphatic carboxylic acids is 1. The molecule has 2 rings (SSSR count). The van der Waals surface area contributed by atoms with Crippen LogP contribution in [0.4, 0.5) is 4.79 Å². The Morgan fingerprint density at radius 3 is 2.31 bits per heavy atom. The number of carboxylic acid groups (broad SMARTS) is 1. The van der Waals surface area contributed by atoms with Crippen LogP contribution in [0.15, 0.2) is 54.6 Å². The lowest BCUT2D eigenvalue weighted by Gasteiger charge is -2.22. The van der Waals surface area contributed by atoms with Gasteiger partial charge in [-0.15, -0.1) is 0 Å². The second-order valence-electron chi connectivity index (χ2n) is 7.80. The Morgan fingerprint density at radius 1 is 1.00 bits per heavy atom. The lowest BCUT2D eigenvalue weighted by atomic mass is 10.0. The maximum Gasteiger partial charge on any atom is 0.408 e. The minimum Gasteiger partial charge on any atom is -0.480 e. The van der Waals surface area contributed by atoms with E-state index < -0.39 is 30.1 Å². The molecule has 0 aliphatic rings. The number of nitrogens with one attached hydrogen (secondary N) is 2. The fraction of sp³-hybridized carbons (Fsp3) is 0.333. The number of carbonyl (C=O) groups excluding carboxylic acids is 2. The monoisotopic (exact) mass is 437 g/mol. The molecule has 2 aromatic carbocycles. The Labute approximate surface area is 187 Å². The molecule has 0 bridgehead atoms. The van der Waals surface area contributed by atoms with E-state index in [9.17, 15) is 19.5 Å². The summed E-state index contributed by atoms with van der Waals surface area (Å²) in [5, 5.41) is 23.6. The second kappa shape index (κ2) is 12.1. The number of carbonyl (C=O) groups is 3. The molecule has 0 spiro atoms. The molecule has 3 N–H and O–H groups in total. The highest BCUT2D eigenvalue weighted by Crippen LogP contribution is 2.10. The fourth-order valence-electron chi connectivity index (χ4n) is 3.09. The number of alkyl carbamates (subject to hydrolysis) is 1. The smallest absolute Gasteiger partial charge is 0.408 e. The maximum atomic E-state index is 12.8. The zero-order valence-electron chi connectivity index (χ0n) is 18.1. The third-order valence-electron chi connectivity index (χ3n) is 4.64. The summed E-state index contributed by atoms with van der Waals surface area (Å²) in [4.78, 5) is 36.8. The van der Waals surface area contributed by atoms with Gasteiger partial charge in [-0.2, -0.15) is 5.26 Å². The van der Waals surface area contributed by atoms with Crippen molar-refractivity contribution in [2.24, 2.45) is 5.92 Å². The van der Waals surface area contributed by atoms with Crippen molar-refractivity contribution in [3.63, 3.8) is 0 Å². The molecule has 8 heteroatoms. The normalized spacial score (nSPS) is 12.3. The zero-order chi connectivity index (χ0) is 23.5. The summed E-state index contributed by atoms with van der Waals surface area (Å²) in [5.41, 5.74) is 1.81. The Bertz CT molecular complexity index is 969. The first-order valence-electron chi connectivity index (χ1n) is 10.3. The summed E-state index contributed by atoms with van der Waals surface area (Å²) in [6.07, 6.45) is -0.449. The van der Waals surface area contributed by atoms with Crippen molar-refractivity contribution in [2.75, 3.05) is 0 Å². The predicted octanol–water partition coefficient (Wildman–Crippen LogP) is 3.01. The molecule has 0 saturated carbocycles. The zero-order valence-corrected chi connectivity index (χ0v) is 18.1. The van der Waals surface area contributed by atoms with E-state index in [-0.39, 0.29) is 18.9 Å². The first-order valence-corrected chi connectivity index (χ1v) is 10.3. The summed E-state index contributed by atoms with van der Waals surface area (Å²) in [6.45, 7) is 3.83. The third kappa shape index (κ3) is 8.11. The van der Waals surface area contributed by atoms with Crippen LogP contribution in [0, 0.1) is 17.2 Å². The number of rotatable bonds is 10. The molecule has 168 valence electrons. The Kier molecular flexibility index (Phi) is 9.23. The lowest BCUT2D eigenvalue weighted by Crippen LogP contribution is -2.52. The van der Waals surface area contributed by atoms with Crippen LogP contribution in [0.1, 0.15) is 37.0 Å². The molecule has 0 heterocycles. The van der Waals surface area contributed by atoms with Crippen LogP contribution in [0.5, 0.6) is 0 Å². The van der Waals surface area contributed by atoms with Crippen molar-refractivity contribution in [2.45, 2.75) is 45.4 Å². The van der Waals surface area contributed by atoms with E-state index in [1.807, 2.05) is 50.2 Å². The minimum absolute atomic E-state index is 0.00342. The van der Waals surface area contributed by atoms with E-state index in [1.54, 1.807) is 24.3 Å². The van der Waals surface area contributed by atoms with Gasteiger partial charge in [0, 0.05) is 6.42 Å². The number of carboxylic acids is 1. The number of nitrogens with zero attached hydrogens (tertiary/aromatic N) is 1. The molecular formula is C24H27N3O5. The van der Waals surface area contributed by atoms with Crippen LogP contribution in [0.3, 0.4) is 0 Å². The summed E-state index contributed by atoms with van der Waals surface area (Å²) >= 11 is 0. The molecule has 0 radical (unpaired) electrons. The Balaban J connectivity index is 2.02. The Hall–Kier alpha value is -3.86. The predicted molar refractivity (Wildman–Crippen MR) is 117 cm³/mol. The first kappa shape index (κ1) is 24.4. The maximum absolute atomic E-state index is 12.8. The molecule has 0 unspecified atom stereocenters. The highest BCUT2D eigenvalue weighted by Gasteiger charge is 2.28. The van der Waals surface area contributed by atoms with Gasteiger partial charge in [-0.3, -0.25) is 4.79 Å². The van der Waals surface area contributed by atoms with Crippen LogP contribution >= 0.6 is 0 Å². The van der Waals surface area contributed by atoms with E-state index in [0.717, 1.165) is 5.56 Å². The van der Waals surface area contributed by atoms with Gasteiger partial charge in [-0.1, -0.05) is 56.3 Å². The standard InChI is InChI=1S/C24H27N3O5/c1-16(2)11-20(27-24(31)32-15-17-7-4-3-5-8-17)22(28)26-21(23(29)30)13-18-9-6-10-19(12-18)14-25/h3-10,12,16,20-21H,11,13,15H2,1-2H3,(H,26,28)(H,27,31)(H,29,30)/t20-,21+/m0/s1. The van der Waals surface area contributed by atoms with Gasteiger partial charge in [0.15, 0.2) is 0 Å². The third-order valence-corrected chi connectivity index (χ3v) is 4.64. The van der Waals surface area contributed by atoms with E-state index in [4.69, 9.17) is 10.00 Å². The summed E-state index contributed by atoms with van der Waals surface area (Å²) in [5.74, 6) is -1.76. The van der Waals surface area contributed by atoms with Gasteiger partial charge in [0.25, 0.3) is 0 Å². The molecule has 8 nitrogen and oxygen atoms in total. The average molecular weight is 437 g/mol. The first-order chi connectivity index (χ1) is 15.3. The van der Waals surface area contributed by atoms with Crippen LogP contribution in [0.2, 0.25) is 0 Å². The number of benzene rings is 2. The van der Waals surface area contributed by atoms with Crippen LogP contribution < -0.4 is 10.6 Å². The summed E-state index contributed by atoms with van der Waals surface area (Å²) in [7, 11) is 0. The highest BCUT2D eigenvalue weighted by molar-refractivity contribution is 5.89. The van der Waals surface area contributed by atoms with E-state index in [1.165, 1.54) is 0 Å². The van der Waals surface area contributed by atoms with Crippen molar-refractivity contribution >= 4 is 18.0 Å². The van der Waals surface area contributed by atoms with Crippen LogP contribution in [-0.2, 0) is 27.4 Å². The SMILES string of the molecule is CC(C)C[C@H](NC(=O)OCc1ccccc1)C(=O)N[C@H](Cc1cccc(C#N)c1)C(=O)O. The molecule has 0 fully saturated rings. The van der Waals surface area contributed by atoms with Crippen molar-refractivity contribution < 1.29 is 24.2 Å². The van der Waals surface area contributed by atoms with Gasteiger partial charge < -0.3 is 20.5 Å². The number of amides is 2. The topological polar surface area (TPSA) is 129 Å². The molecule has 2 amide bonds. The molecule has 0 aromatic heterocycles. The van der Waals surface area contributed by atoms with Crippen molar-refractivity contribution in [3.8, 4) is 6.07 Å². The number of hydrogen-bond donors (Lipinski definition) is 3. The molecule has 2 atom stereocenters. The van der Waals surface area contributed by atoms with Crippen molar-refractivity contribution in [3.05, 3.63) is 71.3 Å². The molecule has 0 saturated heterocycles. The van der Waals surface area contributed by atoms with Gasteiger partial charge >= 0.3 is 12.1 Å². The van der Waals surface area contributed by atoms with Crippen molar-refractivity contribution in [1.82, 2.24) is 10.6 Å². The number of hydrogen-bond acceptors (Lipinski definition) is 5. The van der Waals surface area contributed by atoms with Gasteiger partial charge in [0.1, 0.15) is 18.7 Å². The average Bonchev–Trinajstić information content (AvgIpc) is 2.77. The van der Waals surface area contributed by atoms with Crippen LogP contribution in [-0.4, -0.2) is 35.2 Å². The van der Waals surface area contributed by atoms with Gasteiger partial charge in [-0.25, -0.2) is 9.59 Å². The number of ether oxygens (including phenoxy) is 1. The number of nitriles is 1. The fourth-order valence-corrected chi connectivity index (χ4v) is 3.09. The molecule has 2 aromatic rings. The van der Waals surface area contributed by atoms with Gasteiger partial charge in [0.2, 0.25) is 5.91 Å². The summed E-state index contributed by atoms with van der Waals surface area (Å²) in [6, 6.07) is 15.5. The minimum atomic E-state index is -1.21. The quantitative estimate of drug-likeness (QED) is 0.524. The lowest BCUT2D eigenvalue weighted by molar-refractivity contribution is -0.142. The van der Waals surface area contributed by atoms with Gasteiger partial charge in [0.05, 0.1) is 11.6 Å². The molecule has 32 heavy (non-hydrogen) atoms. The van der Waals surface area contributed by atoms with E-state index in [0.29, 0.717) is 17.5 Å². The van der Waals surface area contributed by atoms with Crippen LogP contribution in [0.25, 0.3) is 0 Å². The van der Waals surface area contributed by atoms with E-state index in [2.05, 4.69) is 10.6 Å². The van der Waals surface area contributed by atoms with Crippen molar-refractivity contribution in [1.29, 1.82) is 5.26 Å². The second-order valence-corrected chi connectivity index (χ2v) is 7.80.